The van der Waals surface area contributed by atoms with Crippen molar-refractivity contribution in [1.82, 2.24) is 10.6 Å². The van der Waals surface area contributed by atoms with Crippen LogP contribution in [0.5, 0.6) is 0 Å². The van der Waals surface area contributed by atoms with Crippen molar-refractivity contribution in [3.05, 3.63) is 105 Å². The molecule has 1 atom stereocenters. The Hall–Kier alpha value is -2.99. The maximum atomic E-state index is 13.4. The molecule has 1 unspecified atom stereocenters. The van der Waals surface area contributed by atoms with Crippen molar-refractivity contribution in [3.63, 3.8) is 0 Å². The number of benzene rings is 3. The van der Waals surface area contributed by atoms with E-state index in [1.165, 1.54) is 12.1 Å². The van der Waals surface area contributed by atoms with Gasteiger partial charge in [-0.2, -0.15) is 0 Å². The Morgan fingerprint density at radius 3 is 2.33 bits per heavy atom. The summed E-state index contributed by atoms with van der Waals surface area (Å²) >= 11 is 3.23. The molecule has 2 N–H and O–H groups in total. The van der Waals surface area contributed by atoms with Gasteiger partial charge in [0.25, 0.3) is 5.91 Å². The van der Waals surface area contributed by atoms with Crippen molar-refractivity contribution < 1.29 is 14.0 Å². The van der Waals surface area contributed by atoms with Crippen molar-refractivity contribution in [2.45, 2.75) is 19.4 Å². The quantitative estimate of drug-likeness (QED) is 0.516. The second-order valence-electron chi connectivity index (χ2n) is 6.95. The number of carbonyl (C=O) groups is 2. The average Bonchev–Trinajstić information content (AvgIpc) is 2.75. The number of hydrogen-bond donors (Lipinski definition) is 2. The Labute approximate surface area is 183 Å². The molecular formula is C24H22BrFN2O2. The summed E-state index contributed by atoms with van der Waals surface area (Å²) in [6.07, 6.45) is 0.105. The number of amides is 2. The summed E-state index contributed by atoms with van der Waals surface area (Å²) in [6, 6.07) is 21.3. The summed E-state index contributed by atoms with van der Waals surface area (Å²) in [5, 5.41) is 5.71. The third kappa shape index (κ3) is 5.76. The maximum Gasteiger partial charge on any atom is 0.252 e. The summed E-state index contributed by atoms with van der Waals surface area (Å²) in [7, 11) is 0. The second-order valence-corrected chi connectivity index (χ2v) is 7.81. The van der Waals surface area contributed by atoms with E-state index < -0.39 is 11.7 Å². The van der Waals surface area contributed by atoms with Crippen molar-refractivity contribution in [1.29, 1.82) is 0 Å². The highest BCUT2D eigenvalue weighted by Crippen LogP contribution is 2.22. The number of carbonyl (C=O) groups excluding carboxylic acids is 2. The molecule has 3 aromatic carbocycles. The zero-order chi connectivity index (χ0) is 21.5. The van der Waals surface area contributed by atoms with Crippen molar-refractivity contribution >= 4 is 27.7 Å². The summed E-state index contributed by atoms with van der Waals surface area (Å²) in [4.78, 5) is 24.8. The van der Waals surface area contributed by atoms with Gasteiger partial charge < -0.3 is 10.6 Å². The van der Waals surface area contributed by atoms with E-state index in [1.807, 2.05) is 61.5 Å². The van der Waals surface area contributed by atoms with Crippen LogP contribution in [0.2, 0.25) is 0 Å². The lowest BCUT2D eigenvalue weighted by atomic mass is 9.97. The van der Waals surface area contributed by atoms with E-state index in [1.54, 1.807) is 0 Å². The molecule has 6 heteroatoms. The van der Waals surface area contributed by atoms with E-state index in [2.05, 4.69) is 26.6 Å². The molecule has 0 spiro atoms. The number of rotatable bonds is 7. The molecule has 30 heavy (non-hydrogen) atoms. The van der Waals surface area contributed by atoms with Gasteiger partial charge in [0.2, 0.25) is 5.91 Å². The van der Waals surface area contributed by atoms with E-state index >= 15 is 0 Å². The van der Waals surface area contributed by atoms with Crippen LogP contribution in [0.3, 0.4) is 0 Å². The fourth-order valence-corrected chi connectivity index (χ4v) is 3.48. The van der Waals surface area contributed by atoms with Gasteiger partial charge in [-0.15, -0.1) is 0 Å². The van der Waals surface area contributed by atoms with Gasteiger partial charge in [-0.05, 0) is 52.2 Å². The van der Waals surface area contributed by atoms with Crippen LogP contribution in [0.1, 0.15) is 39.5 Å². The molecule has 0 saturated heterocycles. The Balaban J connectivity index is 1.63. The topological polar surface area (TPSA) is 58.2 Å². The van der Waals surface area contributed by atoms with Gasteiger partial charge in [0.1, 0.15) is 5.82 Å². The lowest BCUT2D eigenvalue weighted by Crippen LogP contribution is -2.33. The number of hydrogen-bond acceptors (Lipinski definition) is 2. The first kappa shape index (κ1) is 21.7. The number of aryl methyl sites for hydroxylation is 1. The molecule has 0 aliphatic heterocycles. The van der Waals surface area contributed by atoms with Crippen molar-refractivity contribution in [2.24, 2.45) is 0 Å². The largest absolute Gasteiger partial charge is 0.351 e. The fourth-order valence-electron chi connectivity index (χ4n) is 3.05. The molecule has 0 aliphatic rings. The molecule has 2 amide bonds. The summed E-state index contributed by atoms with van der Waals surface area (Å²) in [6.45, 7) is 2.16. The molecule has 0 fully saturated rings. The van der Waals surface area contributed by atoms with Crippen LogP contribution < -0.4 is 10.6 Å². The third-order valence-corrected chi connectivity index (χ3v) is 5.35. The maximum absolute atomic E-state index is 13.4. The summed E-state index contributed by atoms with van der Waals surface area (Å²) in [5.41, 5.74) is 3.29. The minimum absolute atomic E-state index is 0.105. The number of nitrogens with one attached hydrogen (secondary N) is 2. The van der Waals surface area contributed by atoms with E-state index in [0.717, 1.165) is 22.8 Å². The molecule has 0 aliphatic carbocycles. The molecule has 0 bridgehead atoms. The first-order valence-electron chi connectivity index (χ1n) is 9.58. The molecule has 0 radical (unpaired) electrons. The van der Waals surface area contributed by atoms with Crippen LogP contribution in [0.15, 0.2) is 77.3 Å². The predicted octanol–water partition coefficient (Wildman–Crippen LogP) is 4.92. The third-order valence-electron chi connectivity index (χ3n) is 4.66. The van der Waals surface area contributed by atoms with Gasteiger partial charge >= 0.3 is 0 Å². The molecule has 0 saturated carbocycles. The summed E-state index contributed by atoms with van der Waals surface area (Å²) in [5.74, 6) is -1.12. The highest BCUT2D eigenvalue weighted by molar-refractivity contribution is 9.10. The van der Waals surface area contributed by atoms with Crippen LogP contribution in [0.25, 0.3) is 0 Å². The van der Waals surface area contributed by atoms with Gasteiger partial charge in [0.05, 0.1) is 11.6 Å². The fraction of sp³-hybridized carbons (Fsp3) is 0.167. The van der Waals surface area contributed by atoms with Crippen LogP contribution in [-0.4, -0.2) is 18.4 Å². The molecule has 3 rings (SSSR count). The summed E-state index contributed by atoms with van der Waals surface area (Å²) < 4.78 is 13.9. The Morgan fingerprint density at radius 2 is 1.63 bits per heavy atom. The van der Waals surface area contributed by atoms with Crippen LogP contribution >= 0.6 is 15.9 Å². The zero-order valence-corrected chi connectivity index (χ0v) is 18.1. The SMILES string of the molecule is Cc1ccc(C(NC(=O)CCNC(=O)c2cc(F)ccc2Br)c2ccccc2)cc1. The van der Waals surface area contributed by atoms with E-state index in [-0.39, 0.29) is 30.5 Å². The predicted molar refractivity (Wildman–Crippen MR) is 119 cm³/mol. The molecule has 3 aromatic rings. The highest BCUT2D eigenvalue weighted by atomic mass is 79.9. The lowest BCUT2D eigenvalue weighted by molar-refractivity contribution is -0.121. The normalized spacial score (nSPS) is 11.6. The first-order valence-corrected chi connectivity index (χ1v) is 10.4. The van der Waals surface area contributed by atoms with Gasteiger partial charge in [-0.3, -0.25) is 9.59 Å². The average molecular weight is 469 g/mol. The van der Waals surface area contributed by atoms with Crippen molar-refractivity contribution in [3.8, 4) is 0 Å². The minimum atomic E-state index is -0.495. The zero-order valence-electron chi connectivity index (χ0n) is 16.5. The Kier molecular flexibility index (Phi) is 7.36. The van der Waals surface area contributed by atoms with Crippen molar-refractivity contribution in [2.75, 3.05) is 6.54 Å². The standard InChI is InChI=1S/C24H22BrFN2O2/c1-16-7-9-18(10-8-16)23(17-5-3-2-4-6-17)28-22(29)13-14-27-24(30)20-15-19(26)11-12-21(20)25/h2-12,15,23H,13-14H2,1H3,(H,27,30)(H,28,29). The second kappa shape index (κ2) is 10.2. The van der Waals surface area contributed by atoms with E-state index in [4.69, 9.17) is 0 Å². The van der Waals surface area contributed by atoms with Gasteiger partial charge in [0.15, 0.2) is 0 Å². The van der Waals surface area contributed by atoms with Gasteiger partial charge in [-0.1, -0.05) is 60.2 Å². The highest BCUT2D eigenvalue weighted by Gasteiger charge is 2.17. The molecular weight excluding hydrogens is 447 g/mol. The van der Waals surface area contributed by atoms with Crippen LogP contribution in [-0.2, 0) is 4.79 Å². The van der Waals surface area contributed by atoms with Crippen LogP contribution in [0, 0.1) is 12.7 Å². The minimum Gasteiger partial charge on any atom is -0.351 e. The Bertz CT molecular complexity index is 1020. The molecule has 0 heterocycles. The molecule has 0 aromatic heterocycles. The number of halogens is 2. The first-order chi connectivity index (χ1) is 14.4. The van der Waals surface area contributed by atoms with E-state index in [0.29, 0.717) is 4.47 Å². The monoisotopic (exact) mass is 468 g/mol. The van der Waals surface area contributed by atoms with Gasteiger partial charge in [-0.25, -0.2) is 4.39 Å². The Morgan fingerprint density at radius 1 is 0.967 bits per heavy atom. The molecule has 4 nitrogen and oxygen atoms in total. The lowest BCUT2D eigenvalue weighted by Gasteiger charge is -2.20. The smallest absolute Gasteiger partial charge is 0.252 e. The van der Waals surface area contributed by atoms with Gasteiger partial charge in [0, 0.05) is 17.4 Å². The molecule has 154 valence electrons. The van der Waals surface area contributed by atoms with E-state index in [9.17, 15) is 14.0 Å². The van der Waals surface area contributed by atoms with Crippen LogP contribution in [0.4, 0.5) is 4.39 Å².